The molecule has 188 valence electrons. The lowest BCUT2D eigenvalue weighted by atomic mass is 10.1. The van der Waals surface area contributed by atoms with Crippen LogP contribution in [0.2, 0.25) is 0 Å². The van der Waals surface area contributed by atoms with Gasteiger partial charge >= 0.3 is 0 Å². The predicted molar refractivity (Wildman–Crippen MR) is 138 cm³/mol. The second-order valence-electron chi connectivity index (χ2n) is 8.75. The van der Waals surface area contributed by atoms with Gasteiger partial charge in [0.1, 0.15) is 5.82 Å². The monoisotopic (exact) mass is 510 g/mol. The van der Waals surface area contributed by atoms with Crippen LogP contribution < -0.4 is 16.2 Å². The second kappa shape index (κ2) is 10.9. The van der Waals surface area contributed by atoms with E-state index in [0.29, 0.717) is 58.5 Å². The molecule has 2 aromatic carbocycles. The van der Waals surface area contributed by atoms with Gasteiger partial charge < -0.3 is 10.6 Å². The number of anilines is 1. The van der Waals surface area contributed by atoms with E-state index in [-0.39, 0.29) is 28.9 Å². The van der Waals surface area contributed by atoms with Gasteiger partial charge in [-0.05, 0) is 54.8 Å². The zero-order chi connectivity index (χ0) is 25.8. The number of halogens is 1. The van der Waals surface area contributed by atoms with Crippen LogP contribution in [-0.4, -0.2) is 43.3 Å². The van der Waals surface area contributed by atoms with Crippen LogP contribution in [0.15, 0.2) is 52.4 Å². The Morgan fingerprint density at radius 2 is 1.86 bits per heavy atom. The van der Waals surface area contributed by atoms with E-state index >= 15 is 0 Å². The van der Waals surface area contributed by atoms with Crippen LogP contribution in [0, 0.1) is 11.7 Å². The standard InChI is InChI=1S/C25H27FN6O3S/c1-4-11-31-23(35)19-10-5-16(22(34)27-13-15(2)3)12-20(19)32-24(31)29-30-25(32)36-14-21(33)28-18-8-6-17(26)7-9-18/h5-10,12,15H,4,11,13-14H2,1-3H3,(H,27,34)(H,28,33). The summed E-state index contributed by atoms with van der Waals surface area (Å²) in [5, 5.41) is 14.9. The second-order valence-corrected chi connectivity index (χ2v) is 9.70. The van der Waals surface area contributed by atoms with Crippen molar-refractivity contribution < 1.29 is 14.0 Å². The fourth-order valence-corrected chi connectivity index (χ4v) is 4.44. The summed E-state index contributed by atoms with van der Waals surface area (Å²) < 4.78 is 16.4. The molecule has 0 fully saturated rings. The number of aryl methyl sites for hydroxylation is 1. The number of thioether (sulfide) groups is 1. The molecule has 0 aliphatic rings. The minimum absolute atomic E-state index is 0.0150. The molecule has 4 rings (SSSR count). The zero-order valence-electron chi connectivity index (χ0n) is 20.2. The van der Waals surface area contributed by atoms with Crippen LogP contribution in [0.3, 0.4) is 0 Å². The highest BCUT2D eigenvalue weighted by Gasteiger charge is 2.19. The van der Waals surface area contributed by atoms with Gasteiger partial charge in [-0.2, -0.15) is 0 Å². The molecular weight excluding hydrogens is 483 g/mol. The molecular formula is C25H27FN6O3S. The first-order valence-corrected chi connectivity index (χ1v) is 12.6. The molecule has 2 amide bonds. The molecule has 0 spiro atoms. The fourth-order valence-electron chi connectivity index (χ4n) is 3.70. The number of amides is 2. The topological polar surface area (TPSA) is 110 Å². The molecule has 2 aromatic heterocycles. The molecule has 0 aliphatic carbocycles. The van der Waals surface area contributed by atoms with Crippen molar-refractivity contribution in [1.82, 2.24) is 24.5 Å². The van der Waals surface area contributed by atoms with Gasteiger partial charge in [-0.1, -0.05) is 32.5 Å². The predicted octanol–water partition coefficient (Wildman–Crippen LogP) is 3.71. The van der Waals surface area contributed by atoms with E-state index in [1.807, 2.05) is 20.8 Å². The molecule has 0 bridgehead atoms. The first kappa shape index (κ1) is 25.4. The Hall–Kier alpha value is -3.73. The largest absolute Gasteiger partial charge is 0.352 e. The van der Waals surface area contributed by atoms with E-state index in [4.69, 9.17) is 0 Å². The third kappa shape index (κ3) is 5.40. The Bertz CT molecular complexity index is 1480. The van der Waals surface area contributed by atoms with Crippen molar-refractivity contribution in [3.8, 4) is 0 Å². The molecule has 36 heavy (non-hydrogen) atoms. The Labute approximate surface area is 211 Å². The summed E-state index contributed by atoms with van der Waals surface area (Å²) >= 11 is 1.15. The number of rotatable bonds is 9. The van der Waals surface area contributed by atoms with Crippen molar-refractivity contribution in [2.45, 2.75) is 38.9 Å². The zero-order valence-corrected chi connectivity index (χ0v) is 21.1. The van der Waals surface area contributed by atoms with E-state index in [9.17, 15) is 18.8 Å². The summed E-state index contributed by atoms with van der Waals surface area (Å²) in [6, 6.07) is 10.4. The number of carbonyl (C=O) groups excluding carboxylic acids is 2. The molecule has 0 saturated heterocycles. The van der Waals surface area contributed by atoms with Gasteiger partial charge in [-0.3, -0.25) is 23.4 Å². The molecule has 9 nitrogen and oxygen atoms in total. The molecule has 0 unspecified atom stereocenters. The van der Waals surface area contributed by atoms with Crippen LogP contribution in [0.1, 0.15) is 37.6 Å². The van der Waals surface area contributed by atoms with Crippen LogP contribution in [-0.2, 0) is 11.3 Å². The average molecular weight is 511 g/mol. The van der Waals surface area contributed by atoms with E-state index in [1.165, 1.54) is 24.3 Å². The first-order chi connectivity index (χ1) is 17.3. The number of carbonyl (C=O) groups is 2. The van der Waals surface area contributed by atoms with Crippen LogP contribution in [0.4, 0.5) is 10.1 Å². The maximum absolute atomic E-state index is 13.2. The van der Waals surface area contributed by atoms with Gasteiger partial charge in [0.2, 0.25) is 11.7 Å². The van der Waals surface area contributed by atoms with E-state index in [1.54, 1.807) is 27.2 Å². The summed E-state index contributed by atoms with van der Waals surface area (Å²) in [5.74, 6) is -0.277. The molecule has 4 aromatic rings. The number of benzene rings is 2. The van der Waals surface area contributed by atoms with Crippen molar-refractivity contribution in [3.63, 3.8) is 0 Å². The molecule has 0 saturated carbocycles. The van der Waals surface area contributed by atoms with Crippen LogP contribution >= 0.6 is 11.8 Å². The maximum atomic E-state index is 13.2. The smallest absolute Gasteiger partial charge is 0.262 e. The third-order valence-electron chi connectivity index (χ3n) is 5.41. The molecule has 11 heteroatoms. The van der Waals surface area contributed by atoms with Gasteiger partial charge in [0.15, 0.2) is 5.16 Å². The van der Waals surface area contributed by atoms with Crippen LogP contribution in [0.25, 0.3) is 16.7 Å². The number of fused-ring (bicyclic) bond motifs is 3. The summed E-state index contributed by atoms with van der Waals surface area (Å²) in [6.07, 6.45) is 0.714. The van der Waals surface area contributed by atoms with Gasteiger partial charge in [-0.25, -0.2) is 4.39 Å². The Morgan fingerprint density at radius 1 is 1.11 bits per heavy atom. The molecule has 2 N–H and O–H groups in total. The number of aromatic nitrogens is 4. The van der Waals surface area contributed by atoms with Gasteiger partial charge in [0.05, 0.1) is 16.7 Å². The summed E-state index contributed by atoms with van der Waals surface area (Å²) in [6.45, 7) is 6.95. The first-order valence-electron chi connectivity index (χ1n) is 11.7. The van der Waals surface area contributed by atoms with Gasteiger partial charge in [0, 0.05) is 24.3 Å². The van der Waals surface area contributed by atoms with Crippen molar-refractivity contribution in [2.24, 2.45) is 5.92 Å². The normalized spacial score (nSPS) is 11.4. The van der Waals surface area contributed by atoms with Crippen molar-refractivity contribution >= 4 is 45.9 Å². The third-order valence-corrected chi connectivity index (χ3v) is 6.34. The molecule has 0 radical (unpaired) electrons. The van der Waals surface area contributed by atoms with Crippen molar-refractivity contribution in [2.75, 3.05) is 17.6 Å². The summed E-state index contributed by atoms with van der Waals surface area (Å²) in [4.78, 5) is 38.4. The summed E-state index contributed by atoms with van der Waals surface area (Å²) in [7, 11) is 0. The van der Waals surface area contributed by atoms with E-state index in [2.05, 4.69) is 20.8 Å². The Morgan fingerprint density at radius 3 is 2.56 bits per heavy atom. The number of nitrogens with one attached hydrogen (secondary N) is 2. The summed E-state index contributed by atoms with van der Waals surface area (Å²) in [5.41, 5.74) is 1.17. The quantitative estimate of drug-likeness (QED) is 0.332. The lowest BCUT2D eigenvalue weighted by Gasteiger charge is -2.12. The lowest BCUT2D eigenvalue weighted by molar-refractivity contribution is -0.113. The maximum Gasteiger partial charge on any atom is 0.262 e. The SMILES string of the molecule is CCCn1c(=O)c2ccc(C(=O)NCC(C)C)cc2n2c(SCC(=O)Nc3ccc(F)cc3)nnc12. The minimum Gasteiger partial charge on any atom is -0.352 e. The highest BCUT2D eigenvalue weighted by molar-refractivity contribution is 7.99. The fraction of sp³-hybridized carbons (Fsp3) is 0.320. The van der Waals surface area contributed by atoms with E-state index in [0.717, 1.165) is 11.8 Å². The molecule has 0 aliphatic heterocycles. The Balaban J connectivity index is 1.70. The molecule has 2 heterocycles. The minimum atomic E-state index is -0.389. The van der Waals surface area contributed by atoms with Crippen molar-refractivity contribution in [3.05, 3.63) is 64.2 Å². The number of hydrogen-bond acceptors (Lipinski definition) is 6. The van der Waals surface area contributed by atoms with E-state index < -0.39 is 0 Å². The Kier molecular flexibility index (Phi) is 7.68. The van der Waals surface area contributed by atoms with Gasteiger partial charge in [0.25, 0.3) is 11.5 Å². The van der Waals surface area contributed by atoms with Gasteiger partial charge in [-0.15, -0.1) is 10.2 Å². The highest BCUT2D eigenvalue weighted by Crippen LogP contribution is 2.23. The van der Waals surface area contributed by atoms with Crippen LogP contribution in [0.5, 0.6) is 0 Å². The number of hydrogen-bond donors (Lipinski definition) is 2. The average Bonchev–Trinajstić information content (AvgIpc) is 3.29. The lowest BCUT2D eigenvalue weighted by Crippen LogP contribution is -2.28. The molecule has 0 atom stereocenters. The number of nitrogens with zero attached hydrogens (tertiary/aromatic N) is 4. The highest BCUT2D eigenvalue weighted by atomic mass is 32.2. The van der Waals surface area contributed by atoms with Crippen molar-refractivity contribution in [1.29, 1.82) is 0 Å².